The largest absolute Gasteiger partial charge is 0.399 e. The van der Waals surface area contributed by atoms with Gasteiger partial charge in [-0.15, -0.1) is 0 Å². The highest BCUT2D eigenvalue weighted by molar-refractivity contribution is 5.75. The average Bonchev–Trinajstić information content (AvgIpc) is 2.22. The SMILES string of the molecule is Nc1cccc(-c2ccc(N)c(N)c2)c1. The van der Waals surface area contributed by atoms with Crippen molar-refractivity contribution in [2.75, 3.05) is 17.2 Å². The molecule has 0 aliphatic carbocycles. The lowest BCUT2D eigenvalue weighted by atomic mass is 10.0. The second kappa shape index (κ2) is 3.53. The molecule has 3 heteroatoms. The van der Waals surface area contributed by atoms with Gasteiger partial charge in [-0.3, -0.25) is 0 Å². The fraction of sp³-hybridized carbons (Fsp3) is 0. The molecule has 0 aliphatic rings. The normalized spacial score (nSPS) is 10.1. The fourth-order valence-corrected chi connectivity index (χ4v) is 1.47. The second-order valence-corrected chi connectivity index (χ2v) is 3.47. The zero-order valence-corrected chi connectivity index (χ0v) is 8.27. The van der Waals surface area contributed by atoms with Gasteiger partial charge in [-0.2, -0.15) is 0 Å². The van der Waals surface area contributed by atoms with Crippen LogP contribution in [0.15, 0.2) is 42.5 Å². The molecule has 0 saturated heterocycles. The molecule has 0 aliphatic heterocycles. The summed E-state index contributed by atoms with van der Waals surface area (Å²) in [6.07, 6.45) is 0. The molecule has 0 fully saturated rings. The summed E-state index contributed by atoms with van der Waals surface area (Å²) in [5.74, 6) is 0. The van der Waals surface area contributed by atoms with E-state index in [1.165, 1.54) is 0 Å². The van der Waals surface area contributed by atoms with E-state index in [0.29, 0.717) is 11.4 Å². The maximum Gasteiger partial charge on any atom is 0.0554 e. The molecule has 76 valence electrons. The van der Waals surface area contributed by atoms with Gasteiger partial charge in [0, 0.05) is 5.69 Å². The minimum Gasteiger partial charge on any atom is -0.399 e. The molecule has 6 N–H and O–H groups in total. The van der Waals surface area contributed by atoms with Crippen LogP contribution in [0.3, 0.4) is 0 Å². The minimum absolute atomic E-state index is 0.593. The standard InChI is InChI=1S/C12H13N3/c13-10-3-1-2-8(6-10)9-4-5-11(14)12(15)7-9/h1-7H,13-15H2. The summed E-state index contributed by atoms with van der Waals surface area (Å²) in [7, 11) is 0. The van der Waals surface area contributed by atoms with E-state index in [2.05, 4.69) is 0 Å². The Balaban J connectivity index is 2.50. The summed E-state index contributed by atoms with van der Waals surface area (Å²) in [6.45, 7) is 0. The summed E-state index contributed by atoms with van der Waals surface area (Å²) in [6, 6.07) is 13.2. The zero-order valence-electron chi connectivity index (χ0n) is 8.27. The predicted molar refractivity (Wildman–Crippen MR) is 65.1 cm³/mol. The maximum atomic E-state index is 5.74. The molecule has 0 bridgehead atoms. The molecule has 0 heterocycles. The number of rotatable bonds is 1. The first-order valence-electron chi connectivity index (χ1n) is 4.68. The molecule has 3 nitrogen and oxygen atoms in total. The lowest BCUT2D eigenvalue weighted by molar-refractivity contribution is 1.60. The van der Waals surface area contributed by atoms with Crippen LogP contribution in [0.5, 0.6) is 0 Å². The van der Waals surface area contributed by atoms with E-state index in [1.807, 2.05) is 36.4 Å². The van der Waals surface area contributed by atoms with Crippen molar-refractivity contribution in [3.8, 4) is 11.1 Å². The van der Waals surface area contributed by atoms with Crippen LogP contribution in [0.2, 0.25) is 0 Å². The smallest absolute Gasteiger partial charge is 0.0554 e. The molecule has 0 unspecified atom stereocenters. The summed E-state index contributed by atoms with van der Waals surface area (Å²) < 4.78 is 0. The van der Waals surface area contributed by atoms with Crippen LogP contribution >= 0.6 is 0 Å². The van der Waals surface area contributed by atoms with Gasteiger partial charge in [0.25, 0.3) is 0 Å². The van der Waals surface area contributed by atoms with E-state index in [1.54, 1.807) is 6.07 Å². The van der Waals surface area contributed by atoms with E-state index in [4.69, 9.17) is 17.2 Å². The van der Waals surface area contributed by atoms with E-state index >= 15 is 0 Å². The highest BCUT2D eigenvalue weighted by Gasteiger charge is 2.00. The molecule has 0 atom stereocenters. The third-order valence-electron chi connectivity index (χ3n) is 2.31. The Kier molecular flexibility index (Phi) is 2.21. The highest BCUT2D eigenvalue weighted by atomic mass is 14.7. The van der Waals surface area contributed by atoms with Crippen molar-refractivity contribution in [2.24, 2.45) is 0 Å². The van der Waals surface area contributed by atoms with Crippen LogP contribution in [-0.4, -0.2) is 0 Å². The van der Waals surface area contributed by atoms with Crippen LogP contribution in [-0.2, 0) is 0 Å². The Morgan fingerprint density at radius 1 is 0.667 bits per heavy atom. The monoisotopic (exact) mass is 199 g/mol. The number of benzene rings is 2. The Labute approximate surface area is 88.5 Å². The number of nitrogen functional groups attached to an aromatic ring is 3. The average molecular weight is 199 g/mol. The topological polar surface area (TPSA) is 78.1 Å². The molecule has 2 rings (SSSR count). The lowest BCUT2D eigenvalue weighted by Gasteiger charge is -2.05. The Hall–Kier alpha value is -2.16. The Morgan fingerprint density at radius 3 is 2.07 bits per heavy atom. The summed E-state index contributed by atoms with van der Waals surface area (Å²) >= 11 is 0. The van der Waals surface area contributed by atoms with Crippen molar-refractivity contribution in [3.63, 3.8) is 0 Å². The first-order valence-corrected chi connectivity index (χ1v) is 4.68. The van der Waals surface area contributed by atoms with E-state index in [9.17, 15) is 0 Å². The van der Waals surface area contributed by atoms with Crippen LogP contribution in [0.1, 0.15) is 0 Å². The molecule has 0 spiro atoms. The molecule has 0 saturated carbocycles. The molecule has 2 aromatic rings. The highest BCUT2D eigenvalue weighted by Crippen LogP contribution is 2.26. The fourth-order valence-electron chi connectivity index (χ4n) is 1.47. The van der Waals surface area contributed by atoms with Crippen molar-refractivity contribution in [1.29, 1.82) is 0 Å². The van der Waals surface area contributed by atoms with E-state index in [0.717, 1.165) is 16.8 Å². The number of nitrogens with two attached hydrogens (primary N) is 3. The van der Waals surface area contributed by atoms with Gasteiger partial charge in [-0.1, -0.05) is 18.2 Å². The van der Waals surface area contributed by atoms with Gasteiger partial charge >= 0.3 is 0 Å². The van der Waals surface area contributed by atoms with Crippen molar-refractivity contribution in [2.45, 2.75) is 0 Å². The van der Waals surface area contributed by atoms with Gasteiger partial charge in [0.15, 0.2) is 0 Å². The third kappa shape index (κ3) is 1.86. The quantitative estimate of drug-likeness (QED) is 0.615. The molecule has 0 radical (unpaired) electrons. The van der Waals surface area contributed by atoms with Gasteiger partial charge in [-0.25, -0.2) is 0 Å². The third-order valence-corrected chi connectivity index (χ3v) is 2.31. The second-order valence-electron chi connectivity index (χ2n) is 3.47. The van der Waals surface area contributed by atoms with Gasteiger partial charge in [0.05, 0.1) is 11.4 Å². The summed E-state index contributed by atoms with van der Waals surface area (Å²) in [5, 5.41) is 0. The molecule has 15 heavy (non-hydrogen) atoms. The number of anilines is 3. The lowest BCUT2D eigenvalue weighted by Crippen LogP contribution is -1.94. The Bertz CT molecular complexity index is 492. The van der Waals surface area contributed by atoms with E-state index in [-0.39, 0.29) is 0 Å². The van der Waals surface area contributed by atoms with Crippen molar-refractivity contribution in [3.05, 3.63) is 42.5 Å². The van der Waals surface area contributed by atoms with Gasteiger partial charge < -0.3 is 17.2 Å². The van der Waals surface area contributed by atoms with Crippen LogP contribution in [0.4, 0.5) is 17.1 Å². The van der Waals surface area contributed by atoms with E-state index < -0.39 is 0 Å². The van der Waals surface area contributed by atoms with Crippen LogP contribution in [0.25, 0.3) is 11.1 Å². The van der Waals surface area contributed by atoms with Gasteiger partial charge in [0.2, 0.25) is 0 Å². The van der Waals surface area contributed by atoms with Crippen molar-refractivity contribution >= 4 is 17.1 Å². The molecule has 0 aromatic heterocycles. The number of hydrogen-bond acceptors (Lipinski definition) is 3. The number of hydrogen-bond donors (Lipinski definition) is 3. The summed E-state index contributed by atoms with van der Waals surface area (Å²) in [4.78, 5) is 0. The van der Waals surface area contributed by atoms with Crippen LogP contribution in [0, 0.1) is 0 Å². The zero-order chi connectivity index (χ0) is 10.8. The molecular formula is C12H13N3. The molecule has 0 amide bonds. The van der Waals surface area contributed by atoms with Gasteiger partial charge in [-0.05, 0) is 35.4 Å². The molecule has 2 aromatic carbocycles. The minimum atomic E-state index is 0.593. The first kappa shape index (κ1) is 9.40. The molecular weight excluding hydrogens is 186 g/mol. The predicted octanol–water partition coefficient (Wildman–Crippen LogP) is 2.10. The van der Waals surface area contributed by atoms with Crippen LogP contribution < -0.4 is 17.2 Å². The van der Waals surface area contributed by atoms with Crippen molar-refractivity contribution in [1.82, 2.24) is 0 Å². The first-order chi connectivity index (χ1) is 7.16. The summed E-state index contributed by atoms with van der Waals surface area (Å²) in [5.41, 5.74) is 21.1. The van der Waals surface area contributed by atoms with Gasteiger partial charge in [0.1, 0.15) is 0 Å². The Morgan fingerprint density at radius 2 is 1.40 bits per heavy atom. The van der Waals surface area contributed by atoms with Crippen molar-refractivity contribution < 1.29 is 0 Å². The maximum absolute atomic E-state index is 5.74.